The van der Waals surface area contributed by atoms with Crippen molar-refractivity contribution in [2.45, 2.75) is 25.9 Å². The maximum atomic E-state index is 14.6. The van der Waals surface area contributed by atoms with E-state index >= 15 is 0 Å². The summed E-state index contributed by atoms with van der Waals surface area (Å²) in [6.07, 6.45) is 0.907. The average molecular weight is 476 g/mol. The zero-order valence-electron chi connectivity index (χ0n) is 15.6. The lowest BCUT2D eigenvalue weighted by molar-refractivity contribution is -0.149. The lowest BCUT2D eigenvalue weighted by Crippen LogP contribution is -2.47. The third-order valence-electron chi connectivity index (χ3n) is 3.95. The predicted molar refractivity (Wildman–Crippen MR) is 103 cm³/mol. The van der Waals surface area contributed by atoms with Crippen LogP contribution < -0.4 is 4.90 Å². The zero-order valence-corrected chi connectivity index (χ0v) is 17.2. The molecule has 1 atom stereocenters. The fourth-order valence-electron chi connectivity index (χ4n) is 2.42. The van der Waals surface area contributed by atoms with Gasteiger partial charge >= 0.3 is 12.0 Å². The molecule has 2 amide bonds. The molecule has 0 saturated heterocycles. The summed E-state index contributed by atoms with van der Waals surface area (Å²) in [5.74, 6) is -5.35. The number of benzene rings is 1. The highest BCUT2D eigenvalue weighted by molar-refractivity contribution is 9.10. The minimum Gasteiger partial charge on any atom is -0.478 e. The van der Waals surface area contributed by atoms with E-state index in [0.29, 0.717) is 11.8 Å². The number of carbonyl (C=O) groups is 2. The van der Waals surface area contributed by atoms with Crippen molar-refractivity contribution in [2.75, 3.05) is 11.9 Å². The van der Waals surface area contributed by atoms with Gasteiger partial charge < -0.3 is 9.94 Å². The van der Waals surface area contributed by atoms with Crippen LogP contribution in [0.1, 0.15) is 19.4 Å². The number of aliphatic carboxylic acids is 1. The van der Waals surface area contributed by atoms with Crippen molar-refractivity contribution in [3.63, 3.8) is 0 Å². The van der Waals surface area contributed by atoms with Crippen molar-refractivity contribution in [2.24, 2.45) is 5.16 Å². The normalized spacial score (nSPS) is 16.3. The van der Waals surface area contributed by atoms with Gasteiger partial charge in [0.1, 0.15) is 5.82 Å². The van der Waals surface area contributed by atoms with E-state index in [1.54, 1.807) is 0 Å². The first-order valence-electron chi connectivity index (χ1n) is 8.12. The Kier molecular flexibility index (Phi) is 6.41. The molecule has 0 bridgehead atoms. The largest absolute Gasteiger partial charge is 0.478 e. The Bertz CT molecular complexity index is 928. The Morgan fingerprint density at radius 1 is 1.45 bits per heavy atom. The third kappa shape index (κ3) is 4.78. The molecule has 11 heteroatoms. The van der Waals surface area contributed by atoms with Gasteiger partial charge in [-0.1, -0.05) is 27.7 Å². The van der Waals surface area contributed by atoms with E-state index in [2.05, 4.69) is 27.7 Å². The molecule has 0 radical (unpaired) electrons. The molecule has 0 spiro atoms. The molecule has 1 N–H and O–H groups in total. The van der Waals surface area contributed by atoms with Crippen LogP contribution in [0.5, 0.6) is 0 Å². The lowest BCUT2D eigenvalue weighted by atomic mass is 10.1. The summed E-state index contributed by atoms with van der Waals surface area (Å²) in [5.41, 5.74) is -0.723. The van der Waals surface area contributed by atoms with Crippen molar-refractivity contribution in [3.8, 4) is 0 Å². The summed E-state index contributed by atoms with van der Waals surface area (Å²) in [7, 11) is 1.14. The van der Waals surface area contributed by atoms with Crippen LogP contribution in [-0.4, -0.2) is 47.3 Å². The van der Waals surface area contributed by atoms with Crippen molar-refractivity contribution < 1.29 is 32.7 Å². The monoisotopic (exact) mass is 475 g/mol. The molecular weight excluding hydrogens is 459 g/mol. The van der Waals surface area contributed by atoms with Crippen LogP contribution in [0.15, 0.2) is 45.8 Å². The Balaban J connectivity index is 2.43. The first-order valence-corrected chi connectivity index (χ1v) is 8.91. The Hall–Kier alpha value is -2.82. The highest BCUT2D eigenvalue weighted by Gasteiger charge is 2.40. The second-order valence-corrected chi connectivity index (χ2v) is 7.09. The van der Waals surface area contributed by atoms with Gasteiger partial charge in [-0.25, -0.2) is 22.8 Å². The fraction of sp³-hybridized carbons (Fsp3) is 0.278. The van der Waals surface area contributed by atoms with E-state index in [0.717, 1.165) is 30.3 Å². The summed E-state index contributed by atoms with van der Waals surface area (Å²) in [5, 5.41) is 12.3. The third-order valence-corrected chi connectivity index (χ3v) is 4.63. The summed E-state index contributed by atoms with van der Waals surface area (Å²) >= 11 is 3.13. The molecule has 1 heterocycles. The number of urea groups is 1. The van der Waals surface area contributed by atoms with E-state index in [-0.39, 0.29) is 21.4 Å². The van der Waals surface area contributed by atoms with Gasteiger partial charge in [0.25, 0.3) is 5.92 Å². The quantitative estimate of drug-likeness (QED) is 0.490. The van der Waals surface area contributed by atoms with Gasteiger partial charge in [-0.15, -0.1) is 0 Å². The molecule has 1 aromatic carbocycles. The number of halogens is 4. The second-order valence-electron chi connectivity index (χ2n) is 6.23. The molecule has 29 heavy (non-hydrogen) atoms. The maximum Gasteiger partial charge on any atom is 0.347 e. The summed E-state index contributed by atoms with van der Waals surface area (Å²) < 4.78 is 42.2. The number of anilines is 1. The van der Waals surface area contributed by atoms with Crippen LogP contribution in [0.25, 0.3) is 0 Å². The second kappa shape index (κ2) is 8.27. The Labute approximate surface area is 172 Å². The number of hydrogen-bond acceptors (Lipinski definition) is 4. The van der Waals surface area contributed by atoms with Crippen molar-refractivity contribution in [1.29, 1.82) is 0 Å². The highest BCUT2D eigenvalue weighted by Crippen LogP contribution is 2.36. The predicted octanol–water partition coefficient (Wildman–Crippen LogP) is 4.34. The van der Waals surface area contributed by atoms with E-state index in [1.807, 2.05) is 0 Å². The fourth-order valence-corrected chi connectivity index (χ4v) is 2.84. The minimum atomic E-state index is -3.30. The van der Waals surface area contributed by atoms with Gasteiger partial charge in [0, 0.05) is 29.7 Å². The number of alkyl halides is 2. The number of amides is 2. The smallest absolute Gasteiger partial charge is 0.347 e. The molecule has 1 aromatic rings. The number of rotatable bonds is 6. The molecule has 0 aromatic heterocycles. The Morgan fingerprint density at radius 3 is 2.62 bits per heavy atom. The molecule has 156 valence electrons. The van der Waals surface area contributed by atoms with Crippen molar-refractivity contribution in [3.05, 3.63) is 52.0 Å². The minimum absolute atomic E-state index is 0.149. The lowest BCUT2D eigenvalue weighted by Gasteiger charge is -2.36. The number of carbonyl (C=O) groups excluding carboxylic acids is 1. The van der Waals surface area contributed by atoms with Gasteiger partial charge in [-0.05, 0) is 25.1 Å². The van der Waals surface area contributed by atoms with E-state index < -0.39 is 35.5 Å². The van der Waals surface area contributed by atoms with Crippen LogP contribution in [0, 0.1) is 5.82 Å². The van der Waals surface area contributed by atoms with Crippen LogP contribution >= 0.6 is 15.9 Å². The van der Waals surface area contributed by atoms with E-state index in [4.69, 9.17) is 9.94 Å². The average Bonchev–Trinajstić information content (AvgIpc) is 2.60. The molecule has 0 aliphatic carbocycles. The maximum absolute atomic E-state index is 14.6. The SMILES string of the molecule is C=C1C=C(C(C)(F)F)N(C)C(=O)N1c1cc(/C=N/OC(C)C(=O)O)c(Br)cc1F. The van der Waals surface area contributed by atoms with Gasteiger partial charge in [0.15, 0.2) is 0 Å². The number of allylic oxidation sites excluding steroid dienone is 2. The molecule has 0 saturated carbocycles. The molecule has 2 rings (SSSR count). The topological polar surface area (TPSA) is 82.4 Å². The first kappa shape index (κ1) is 22.5. The van der Waals surface area contributed by atoms with Crippen molar-refractivity contribution in [1.82, 2.24) is 4.90 Å². The summed E-state index contributed by atoms with van der Waals surface area (Å²) in [4.78, 5) is 29.7. The Morgan fingerprint density at radius 2 is 2.07 bits per heavy atom. The number of oxime groups is 1. The van der Waals surface area contributed by atoms with Crippen LogP contribution in [0.4, 0.5) is 23.7 Å². The van der Waals surface area contributed by atoms with Crippen LogP contribution in [-0.2, 0) is 9.63 Å². The molecule has 0 fully saturated rings. The number of carboxylic acids is 1. The first-order chi connectivity index (χ1) is 13.3. The molecular formula is C18H17BrF3N3O4. The number of hydrogen-bond donors (Lipinski definition) is 1. The van der Waals surface area contributed by atoms with Crippen molar-refractivity contribution >= 4 is 39.8 Å². The summed E-state index contributed by atoms with van der Waals surface area (Å²) in [6.45, 7) is 5.49. The molecule has 1 unspecified atom stereocenters. The van der Waals surface area contributed by atoms with E-state index in [9.17, 15) is 22.8 Å². The highest BCUT2D eigenvalue weighted by atomic mass is 79.9. The van der Waals surface area contributed by atoms with Gasteiger partial charge in [-0.3, -0.25) is 9.80 Å². The zero-order chi connectivity index (χ0) is 22.1. The van der Waals surface area contributed by atoms with Gasteiger partial charge in [0.05, 0.1) is 17.6 Å². The molecule has 7 nitrogen and oxygen atoms in total. The summed E-state index contributed by atoms with van der Waals surface area (Å²) in [6, 6.07) is 1.34. The molecule has 1 aliphatic heterocycles. The van der Waals surface area contributed by atoms with Crippen LogP contribution in [0.2, 0.25) is 0 Å². The van der Waals surface area contributed by atoms with E-state index in [1.165, 1.54) is 13.0 Å². The number of nitrogens with zero attached hydrogens (tertiary/aromatic N) is 3. The van der Waals surface area contributed by atoms with Gasteiger partial charge in [0.2, 0.25) is 6.10 Å². The van der Waals surface area contributed by atoms with Gasteiger partial charge in [-0.2, -0.15) is 0 Å². The molecule has 1 aliphatic rings. The standard InChI is InChI=1S/C18H17BrF3N3O4/c1-9-5-15(18(3,21)22)24(4)17(28)25(9)14-6-11(12(19)7-13(14)20)8-23-29-10(2)16(26)27/h5-8,10H,1H2,2-4H3,(H,26,27)/b23-8+. The number of carboxylic acid groups (broad SMARTS) is 1. The van der Waals surface area contributed by atoms with Crippen LogP contribution in [0.3, 0.4) is 0 Å².